The van der Waals surface area contributed by atoms with E-state index in [-0.39, 0.29) is 6.04 Å². The topological polar surface area (TPSA) is 49.3 Å². The number of hydrogen-bond donors (Lipinski definition) is 2. The molecule has 1 heterocycles. The first kappa shape index (κ1) is 20.4. The number of nitrogens with one attached hydrogen (secondary N) is 1. The third-order valence-corrected chi connectivity index (χ3v) is 5.68. The first-order valence-corrected chi connectivity index (χ1v) is 9.39. The summed E-state index contributed by atoms with van der Waals surface area (Å²) in [6, 6.07) is 6.01. The van der Waals surface area contributed by atoms with Crippen LogP contribution in [0.5, 0.6) is 0 Å². The smallest absolute Gasteiger partial charge is 0.416 e. The van der Waals surface area contributed by atoms with Gasteiger partial charge in [0.05, 0.1) is 11.1 Å². The third-order valence-electron chi connectivity index (χ3n) is 5.68. The number of alkyl halides is 3. The van der Waals surface area contributed by atoms with Crippen LogP contribution in [-0.4, -0.2) is 17.1 Å². The zero-order valence-electron chi connectivity index (χ0n) is 16.2. The van der Waals surface area contributed by atoms with Crippen molar-refractivity contribution in [3.05, 3.63) is 68.8 Å². The first-order chi connectivity index (χ1) is 13.1. The van der Waals surface area contributed by atoms with Gasteiger partial charge in [0.1, 0.15) is 0 Å². The van der Waals surface area contributed by atoms with Gasteiger partial charge >= 0.3 is 12.1 Å². The molecule has 28 heavy (non-hydrogen) atoms. The van der Waals surface area contributed by atoms with E-state index in [2.05, 4.69) is 5.32 Å². The number of aromatic carboxylic acids is 1. The molecule has 0 spiro atoms. The molecule has 1 aliphatic heterocycles. The molecule has 0 bridgehead atoms. The SMILES string of the molecule is CCc1ccc(C(=O)O)c(C)c1CC1Cc2c(C)cc(C(F)(F)F)cc2CN1. The highest BCUT2D eigenvalue weighted by Crippen LogP contribution is 2.34. The fraction of sp³-hybridized carbons (Fsp3) is 0.409. The van der Waals surface area contributed by atoms with E-state index in [1.807, 2.05) is 19.9 Å². The van der Waals surface area contributed by atoms with Crippen LogP contribution < -0.4 is 5.32 Å². The lowest BCUT2D eigenvalue weighted by molar-refractivity contribution is -0.137. The van der Waals surface area contributed by atoms with Crippen LogP contribution in [0.1, 0.15) is 56.2 Å². The van der Waals surface area contributed by atoms with Gasteiger partial charge in [-0.15, -0.1) is 0 Å². The zero-order chi connectivity index (χ0) is 20.6. The number of fused-ring (bicyclic) bond motifs is 1. The highest BCUT2D eigenvalue weighted by molar-refractivity contribution is 5.89. The Morgan fingerprint density at radius 3 is 2.57 bits per heavy atom. The van der Waals surface area contributed by atoms with Crippen LogP contribution in [-0.2, 0) is 32.0 Å². The van der Waals surface area contributed by atoms with Crippen molar-refractivity contribution in [1.82, 2.24) is 5.32 Å². The Morgan fingerprint density at radius 2 is 1.96 bits per heavy atom. The minimum absolute atomic E-state index is 0.0518. The molecule has 0 aliphatic carbocycles. The van der Waals surface area contributed by atoms with Gasteiger partial charge in [-0.1, -0.05) is 13.0 Å². The van der Waals surface area contributed by atoms with Crippen molar-refractivity contribution in [2.75, 3.05) is 0 Å². The van der Waals surface area contributed by atoms with Crippen LogP contribution in [0.4, 0.5) is 13.2 Å². The number of aryl methyl sites for hydroxylation is 2. The number of rotatable bonds is 4. The minimum Gasteiger partial charge on any atom is -0.478 e. The summed E-state index contributed by atoms with van der Waals surface area (Å²) in [4.78, 5) is 11.5. The maximum Gasteiger partial charge on any atom is 0.416 e. The summed E-state index contributed by atoms with van der Waals surface area (Å²) in [7, 11) is 0. The summed E-state index contributed by atoms with van der Waals surface area (Å²) in [6.45, 7) is 5.97. The number of hydrogen-bond acceptors (Lipinski definition) is 2. The maximum atomic E-state index is 13.1. The molecule has 2 N–H and O–H groups in total. The fourth-order valence-corrected chi connectivity index (χ4v) is 4.13. The molecule has 3 nitrogen and oxygen atoms in total. The molecule has 0 amide bonds. The number of halogens is 3. The van der Waals surface area contributed by atoms with Gasteiger partial charge < -0.3 is 10.4 Å². The predicted octanol–water partition coefficient (Wildman–Crippen LogP) is 4.84. The van der Waals surface area contributed by atoms with E-state index in [9.17, 15) is 23.1 Å². The summed E-state index contributed by atoms with van der Waals surface area (Å²) >= 11 is 0. The van der Waals surface area contributed by atoms with E-state index >= 15 is 0 Å². The molecule has 2 aromatic carbocycles. The Hall–Kier alpha value is -2.34. The lowest BCUT2D eigenvalue weighted by Gasteiger charge is -2.29. The number of carbonyl (C=O) groups is 1. The predicted molar refractivity (Wildman–Crippen MR) is 102 cm³/mol. The highest BCUT2D eigenvalue weighted by Gasteiger charge is 2.33. The molecule has 3 rings (SSSR count). The van der Waals surface area contributed by atoms with Crippen LogP contribution in [0.3, 0.4) is 0 Å². The second-order valence-electron chi connectivity index (χ2n) is 7.45. The standard InChI is InChI=1S/C22H24F3NO2/c1-4-14-5-6-18(21(27)28)13(3)20(14)10-17-9-19-12(2)7-16(22(23,24)25)8-15(19)11-26-17/h5-8,17,26H,4,9-11H2,1-3H3,(H,27,28). The molecule has 1 unspecified atom stereocenters. The maximum absolute atomic E-state index is 13.1. The van der Waals surface area contributed by atoms with Crippen LogP contribution >= 0.6 is 0 Å². The largest absolute Gasteiger partial charge is 0.478 e. The molecule has 2 aromatic rings. The van der Waals surface area contributed by atoms with Gasteiger partial charge in [0.2, 0.25) is 0 Å². The molecule has 0 radical (unpaired) electrons. The second kappa shape index (κ2) is 7.59. The van der Waals surface area contributed by atoms with E-state index in [4.69, 9.17) is 0 Å². The highest BCUT2D eigenvalue weighted by atomic mass is 19.4. The molecule has 6 heteroatoms. The minimum atomic E-state index is -4.35. The summed E-state index contributed by atoms with van der Waals surface area (Å²) in [5.41, 5.74) is 4.90. The van der Waals surface area contributed by atoms with Gasteiger partial charge in [-0.2, -0.15) is 13.2 Å². The average Bonchev–Trinajstić information content (AvgIpc) is 2.62. The average molecular weight is 391 g/mol. The molecule has 0 saturated heterocycles. The number of carboxylic acids is 1. The lowest BCUT2D eigenvalue weighted by atomic mass is 9.85. The number of carboxylic acid groups (broad SMARTS) is 1. The Labute approximate surface area is 162 Å². The number of benzene rings is 2. The monoisotopic (exact) mass is 391 g/mol. The molecule has 0 fully saturated rings. The van der Waals surface area contributed by atoms with E-state index < -0.39 is 17.7 Å². The van der Waals surface area contributed by atoms with Crippen LogP contribution in [0, 0.1) is 13.8 Å². The van der Waals surface area contributed by atoms with Gasteiger partial charge in [-0.05, 0) is 84.7 Å². The van der Waals surface area contributed by atoms with Crippen molar-refractivity contribution < 1.29 is 23.1 Å². The molecule has 0 saturated carbocycles. The third kappa shape index (κ3) is 3.92. The van der Waals surface area contributed by atoms with Crippen molar-refractivity contribution in [1.29, 1.82) is 0 Å². The van der Waals surface area contributed by atoms with E-state index in [1.165, 1.54) is 12.1 Å². The van der Waals surface area contributed by atoms with Crippen LogP contribution in [0.15, 0.2) is 24.3 Å². The van der Waals surface area contributed by atoms with Crippen molar-refractivity contribution in [3.63, 3.8) is 0 Å². The summed E-state index contributed by atoms with van der Waals surface area (Å²) in [5.74, 6) is -0.945. The van der Waals surface area contributed by atoms with E-state index in [0.717, 1.165) is 28.7 Å². The van der Waals surface area contributed by atoms with Crippen molar-refractivity contribution in [2.24, 2.45) is 0 Å². The van der Waals surface area contributed by atoms with E-state index in [1.54, 1.807) is 13.0 Å². The molecule has 1 aliphatic rings. The van der Waals surface area contributed by atoms with E-state index in [0.29, 0.717) is 36.1 Å². The summed E-state index contributed by atoms with van der Waals surface area (Å²) in [5, 5.41) is 12.8. The Kier molecular flexibility index (Phi) is 5.53. The van der Waals surface area contributed by atoms with Gasteiger partial charge in [0, 0.05) is 12.6 Å². The lowest BCUT2D eigenvalue weighted by Crippen LogP contribution is -2.38. The Morgan fingerprint density at radius 1 is 1.25 bits per heavy atom. The first-order valence-electron chi connectivity index (χ1n) is 9.39. The fourth-order valence-electron chi connectivity index (χ4n) is 4.13. The van der Waals surface area contributed by atoms with Gasteiger partial charge in [0.25, 0.3) is 0 Å². The molecule has 0 aromatic heterocycles. The van der Waals surface area contributed by atoms with Crippen LogP contribution in [0.2, 0.25) is 0 Å². The Bertz CT molecular complexity index is 919. The summed E-state index contributed by atoms with van der Waals surface area (Å²) < 4.78 is 39.2. The van der Waals surface area contributed by atoms with Gasteiger partial charge in [0.15, 0.2) is 0 Å². The normalized spacial score (nSPS) is 16.7. The van der Waals surface area contributed by atoms with Crippen LogP contribution in [0.25, 0.3) is 0 Å². The molecule has 1 atom stereocenters. The quantitative estimate of drug-likeness (QED) is 0.784. The summed E-state index contributed by atoms with van der Waals surface area (Å²) in [6.07, 6.45) is -2.27. The van der Waals surface area contributed by atoms with Gasteiger partial charge in [-0.3, -0.25) is 0 Å². The van der Waals surface area contributed by atoms with Gasteiger partial charge in [-0.25, -0.2) is 4.79 Å². The molecular formula is C22H24F3NO2. The second-order valence-corrected chi connectivity index (χ2v) is 7.45. The van der Waals surface area contributed by atoms with Crippen molar-refractivity contribution >= 4 is 5.97 Å². The zero-order valence-corrected chi connectivity index (χ0v) is 16.2. The molecule has 150 valence electrons. The Balaban J connectivity index is 1.90. The molecular weight excluding hydrogens is 367 g/mol. The van der Waals surface area contributed by atoms with Crippen molar-refractivity contribution in [3.8, 4) is 0 Å². The van der Waals surface area contributed by atoms with Crippen molar-refractivity contribution in [2.45, 2.75) is 58.8 Å².